The minimum atomic E-state index is 0.412. The molecule has 1 N–H and O–H groups in total. The molecule has 2 heteroatoms. The first-order valence-electron chi connectivity index (χ1n) is 8.33. The van der Waals surface area contributed by atoms with E-state index in [1.165, 1.54) is 60.1 Å². The molecule has 1 aromatic heterocycles. The highest BCUT2D eigenvalue weighted by Crippen LogP contribution is 2.40. The molecule has 2 aliphatic heterocycles. The molecule has 110 valence electrons. The van der Waals surface area contributed by atoms with Gasteiger partial charge >= 0.3 is 0 Å². The molecular weight excluding hydrogens is 268 g/mol. The Morgan fingerprint density at radius 1 is 0.909 bits per heavy atom. The first-order valence-corrected chi connectivity index (χ1v) is 8.33. The van der Waals surface area contributed by atoms with Crippen LogP contribution in [0.15, 0.2) is 48.5 Å². The van der Waals surface area contributed by atoms with Crippen molar-refractivity contribution < 1.29 is 0 Å². The minimum Gasteiger partial charge on any atom is -0.357 e. The summed E-state index contributed by atoms with van der Waals surface area (Å²) in [5, 5.41) is 1.42. The van der Waals surface area contributed by atoms with Gasteiger partial charge in [0.05, 0.1) is 6.04 Å². The van der Waals surface area contributed by atoms with E-state index in [1.54, 1.807) is 5.56 Å². The number of benzene rings is 2. The lowest BCUT2D eigenvalue weighted by Crippen LogP contribution is -2.36. The molecule has 0 fully saturated rings. The minimum absolute atomic E-state index is 0.412. The number of fused-ring (bicyclic) bond motifs is 7. The van der Waals surface area contributed by atoms with E-state index in [4.69, 9.17) is 0 Å². The largest absolute Gasteiger partial charge is 0.357 e. The van der Waals surface area contributed by atoms with Gasteiger partial charge in [0, 0.05) is 23.1 Å². The smallest absolute Gasteiger partial charge is 0.0760 e. The van der Waals surface area contributed by atoms with Crippen molar-refractivity contribution in [2.75, 3.05) is 13.1 Å². The lowest BCUT2D eigenvalue weighted by molar-refractivity contribution is 0.215. The van der Waals surface area contributed by atoms with Gasteiger partial charge in [0.15, 0.2) is 0 Å². The van der Waals surface area contributed by atoms with Gasteiger partial charge in [0.25, 0.3) is 0 Å². The van der Waals surface area contributed by atoms with Gasteiger partial charge in [-0.05, 0) is 48.6 Å². The maximum atomic E-state index is 3.75. The van der Waals surface area contributed by atoms with Crippen molar-refractivity contribution in [1.29, 1.82) is 0 Å². The number of aromatic amines is 1. The summed E-state index contributed by atoms with van der Waals surface area (Å²) in [6.45, 7) is 2.38. The molecule has 2 aliphatic rings. The van der Waals surface area contributed by atoms with Crippen LogP contribution in [-0.4, -0.2) is 23.0 Å². The maximum Gasteiger partial charge on any atom is 0.0760 e. The van der Waals surface area contributed by atoms with Gasteiger partial charge in [0.2, 0.25) is 0 Å². The fourth-order valence-electron chi connectivity index (χ4n) is 4.38. The Morgan fingerprint density at radius 2 is 1.77 bits per heavy atom. The molecule has 0 unspecified atom stereocenters. The van der Waals surface area contributed by atoms with Gasteiger partial charge in [-0.25, -0.2) is 0 Å². The van der Waals surface area contributed by atoms with Crippen LogP contribution < -0.4 is 0 Å². The lowest BCUT2D eigenvalue weighted by atomic mass is 9.90. The molecule has 3 heterocycles. The van der Waals surface area contributed by atoms with Crippen LogP contribution in [0.2, 0.25) is 0 Å². The summed E-state index contributed by atoms with van der Waals surface area (Å²) in [5.41, 5.74) is 7.29. The number of nitrogens with one attached hydrogen (secondary N) is 1. The van der Waals surface area contributed by atoms with Crippen LogP contribution in [0.25, 0.3) is 10.9 Å². The third-order valence-electron chi connectivity index (χ3n) is 5.38. The first-order chi connectivity index (χ1) is 10.9. The number of aromatic nitrogens is 1. The zero-order valence-electron chi connectivity index (χ0n) is 12.7. The van der Waals surface area contributed by atoms with E-state index in [-0.39, 0.29) is 0 Å². The summed E-state index contributed by atoms with van der Waals surface area (Å²) < 4.78 is 0. The normalized spacial score (nSPS) is 21.0. The molecule has 0 saturated carbocycles. The number of nitrogens with zero attached hydrogens (tertiary/aromatic N) is 1. The van der Waals surface area contributed by atoms with Gasteiger partial charge in [-0.2, -0.15) is 0 Å². The highest BCUT2D eigenvalue weighted by molar-refractivity contribution is 5.85. The average molecular weight is 288 g/mol. The number of H-pyrrole nitrogens is 1. The molecule has 22 heavy (non-hydrogen) atoms. The highest BCUT2D eigenvalue weighted by Gasteiger charge is 2.33. The summed E-state index contributed by atoms with van der Waals surface area (Å²) >= 11 is 0. The maximum absolute atomic E-state index is 3.75. The molecule has 0 amide bonds. The summed E-state index contributed by atoms with van der Waals surface area (Å²) in [7, 11) is 0. The number of hydrogen-bond acceptors (Lipinski definition) is 1. The zero-order valence-corrected chi connectivity index (χ0v) is 12.7. The van der Waals surface area contributed by atoms with Crippen molar-refractivity contribution in [1.82, 2.24) is 9.88 Å². The van der Waals surface area contributed by atoms with Crippen LogP contribution in [-0.2, 0) is 12.8 Å². The Balaban J connectivity index is 1.78. The van der Waals surface area contributed by atoms with E-state index < -0.39 is 0 Å². The molecule has 2 aromatic carbocycles. The van der Waals surface area contributed by atoms with Crippen molar-refractivity contribution in [2.24, 2.45) is 0 Å². The predicted octanol–water partition coefficient (Wildman–Crippen LogP) is 4.06. The molecule has 1 atom stereocenters. The summed E-state index contributed by atoms with van der Waals surface area (Å²) in [4.78, 5) is 6.42. The second kappa shape index (κ2) is 4.72. The van der Waals surface area contributed by atoms with E-state index in [9.17, 15) is 0 Å². The fraction of sp³-hybridized carbons (Fsp3) is 0.300. The van der Waals surface area contributed by atoms with E-state index >= 15 is 0 Å². The van der Waals surface area contributed by atoms with Crippen LogP contribution in [0, 0.1) is 0 Å². The summed E-state index contributed by atoms with van der Waals surface area (Å²) in [6.07, 6.45) is 3.63. The van der Waals surface area contributed by atoms with E-state index in [0.717, 1.165) is 0 Å². The van der Waals surface area contributed by atoms with Crippen LogP contribution in [0.1, 0.15) is 34.8 Å². The zero-order chi connectivity index (χ0) is 14.5. The number of rotatable bonds is 0. The predicted molar refractivity (Wildman–Crippen MR) is 90.2 cm³/mol. The number of para-hydroxylation sites is 1. The Bertz CT molecular complexity index is 846. The Labute approximate surface area is 130 Å². The van der Waals surface area contributed by atoms with Gasteiger partial charge in [-0.3, -0.25) is 4.90 Å². The second-order valence-electron chi connectivity index (χ2n) is 6.55. The van der Waals surface area contributed by atoms with Crippen LogP contribution in [0.3, 0.4) is 0 Å². The third kappa shape index (κ3) is 1.71. The molecule has 0 radical (unpaired) electrons. The Hall–Kier alpha value is -2.06. The van der Waals surface area contributed by atoms with Gasteiger partial charge < -0.3 is 4.98 Å². The highest BCUT2D eigenvalue weighted by atomic mass is 15.2. The lowest BCUT2D eigenvalue weighted by Gasteiger charge is -2.36. The SMILES string of the molecule is c1ccc2c(c1)CCN1CCCc3c([nH]c4ccccc34)[C@@H]21. The average Bonchev–Trinajstić information content (AvgIpc) is 2.82. The third-order valence-corrected chi connectivity index (χ3v) is 5.38. The van der Waals surface area contributed by atoms with E-state index in [0.29, 0.717) is 6.04 Å². The van der Waals surface area contributed by atoms with Gasteiger partial charge in [-0.1, -0.05) is 42.5 Å². The van der Waals surface area contributed by atoms with Crippen molar-refractivity contribution in [3.05, 3.63) is 70.9 Å². The molecule has 0 aliphatic carbocycles. The standard InChI is InChI=1S/C20H20N2/c1-2-7-15-14(6-1)11-13-22-12-5-9-17-16-8-3-4-10-18(16)21-19(17)20(15)22/h1-4,6-8,10,20-21H,5,9,11-13H2/t20-/m1/s1. The molecule has 2 nitrogen and oxygen atoms in total. The molecule has 0 bridgehead atoms. The van der Waals surface area contributed by atoms with Crippen molar-refractivity contribution in [2.45, 2.75) is 25.3 Å². The topological polar surface area (TPSA) is 19.0 Å². The van der Waals surface area contributed by atoms with Gasteiger partial charge in [-0.15, -0.1) is 0 Å². The van der Waals surface area contributed by atoms with Crippen LogP contribution in [0.5, 0.6) is 0 Å². The summed E-state index contributed by atoms with van der Waals surface area (Å²) in [5.74, 6) is 0. The summed E-state index contributed by atoms with van der Waals surface area (Å²) in [6, 6.07) is 18.2. The number of hydrogen-bond donors (Lipinski definition) is 1. The molecular formula is C20H20N2. The van der Waals surface area contributed by atoms with E-state index in [1.807, 2.05) is 0 Å². The molecule has 5 rings (SSSR count). The van der Waals surface area contributed by atoms with Crippen LogP contribution in [0.4, 0.5) is 0 Å². The number of aryl methyl sites for hydroxylation is 1. The molecule has 3 aromatic rings. The monoisotopic (exact) mass is 288 g/mol. The van der Waals surface area contributed by atoms with Crippen molar-refractivity contribution >= 4 is 10.9 Å². The fourth-order valence-corrected chi connectivity index (χ4v) is 4.38. The first kappa shape index (κ1) is 12.5. The van der Waals surface area contributed by atoms with Crippen molar-refractivity contribution in [3.8, 4) is 0 Å². The van der Waals surface area contributed by atoms with E-state index in [2.05, 4.69) is 58.4 Å². The second-order valence-corrected chi connectivity index (χ2v) is 6.55. The molecule has 0 spiro atoms. The van der Waals surface area contributed by atoms with Crippen molar-refractivity contribution in [3.63, 3.8) is 0 Å². The Kier molecular flexibility index (Phi) is 2.68. The molecule has 0 saturated heterocycles. The van der Waals surface area contributed by atoms with Crippen LogP contribution >= 0.6 is 0 Å². The quantitative estimate of drug-likeness (QED) is 0.661. The Morgan fingerprint density at radius 3 is 2.77 bits per heavy atom. The van der Waals surface area contributed by atoms with Gasteiger partial charge in [0.1, 0.15) is 0 Å².